The van der Waals surface area contributed by atoms with Crippen LogP contribution in [-0.2, 0) is 6.61 Å². The van der Waals surface area contributed by atoms with E-state index in [1.54, 1.807) is 11.3 Å². The van der Waals surface area contributed by atoms with Gasteiger partial charge < -0.3 is 14.9 Å². The maximum atomic E-state index is 9.30. The normalized spacial score (nSPS) is 28.5. The first-order valence-electron chi connectivity index (χ1n) is 7.21. The van der Waals surface area contributed by atoms with Gasteiger partial charge in [-0.15, -0.1) is 0 Å². The molecule has 106 valence electrons. The van der Waals surface area contributed by atoms with E-state index in [1.807, 2.05) is 6.92 Å². The molecule has 0 amide bonds. The number of aryl methyl sites for hydroxylation is 1. The molecule has 2 unspecified atom stereocenters. The number of thiazole rings is 1. The third-order valence-electron chi connectivity index (χ3n) is 4.64. The lowest BCUT2D eigenvalue weighted by molar-refractivity contribution is 0.102. The lowest BCUT2D eigenvalue weighted by atomic mass is 9.84. The lowest BCUT2D eigenvalue weighted by Crippen LogP contribution is -2.52. The van der Waals surface area contributed by atoms with Crippen LogP contribution in [0.15, 0.2) is 0 Å². The highest BCUT2D eigenvalue weighted by molar-refractivity contribution is 7.15. The Bertz CT molecular complexity index is 448. The molecule has 0 bridgehead atoms. The van der Waals surface area contributed by atoms with E-state index in [9.17, 15) is 5.11 Å². The van der Waals surface area contributed by atoms with Crippen molar-refractivity contribution in [3.63, 3.8) is 0 Å². The average molecular weight is 281 g/mol. The summed E-state index contributed by atoms with van der Waals surface area (Å²) in [5.74, 6) is 0.786. The van der Waals surface area contributed by atoms with Gasteiger partial charge in [-0.3, -0.25) is 0 Å². The Morgan fingerprint density at radius 1 is 1.37 bits per heavy atom. The Morgan fingerprint density at radius 2 is 2.21 bits per heavy atom. The molecule has 2 aliphatic heterocycles. The van der Waals surface area contributed by atoms with Gasteiger partial charge in [0.25, 0.3) is 0 Å². The minimum atomic E-state index is 0.117. The molecule has 19 heavy (non-hydrogen) atoms. The number of nitrogens with zero attached hydrogens (tertiary/aromatic N) is 3. The number of hydrogen-bond donors (Lipinski definition) is 1. The SMILES string of the molecule is Cc1nc(N2CCC3C(CCCN3C)C2)sc1CO. The molecule has 2 aliphatic rings. The second kappa shape index (κ2) is 5.38. The first-order valence-corrected chi connectivity index (χ1v) is 8.03. The molecule has 1 aromatic heterocycles. The Labute approximate surface area is 119 Å². The molecule has 2 fully saturated rings. The Morgan fingerprint density at radius 3 is 2.95 bits per heavy atom. The molecule has 2 atom stereocenters. The molecule has 0 radical (unpaired) electrons. The van der Waals surface area contributed by atoms with Crippen LogP contribution in [0.5, 0.6) is 0 Å². The zero-order valence-electron chi connectivity index (χ0n) is 11.8. The van der Waals surface area contributed by atoms with E-state index in [-0.39, 0.29) is 6.61 Å². The summed E-state index contributed by atoms with van der Waals surface area (Å²) in [7, 11) is 2.27. The van der Waals surface area contributed by atoms with Crippen LogP contribution in [0, 0.1) is 12.8 Å². The number of aromatic nitrogens is 1. The summed E-state index contributed by atoms with van der Waals surface area (Å²) < 4.78 is 0. The van der Waals surface area contributed by atoms with E-state index in [2.05, 4.69) is 21.8 Å². The molecule has 0 saturated carbocycles. The number of hydrogen-bond acceptors (Lipinski definition) is 5. The van der Waals surface area contributed by atoms with E-state index in [0.717, 1.165) is 40.8 Å². The summed E-state index contributed by atoms with van der Waals surface area (Å²) in [6.07, 6.45) is 3.92. The smallest absolute Gasteiger partial charge is 0.185 e. The van der Waals surface area contributed by atoms with Crippen molar-refractivity contribution in [2.45, 2.75) is 38.8 Å². The molecule has 1 aromatic rings. The van der Waals surface area contributed by atoms with Gasteiger partial charge in [0.2, 0.25) is 0 Å². The first-order chi connectivity index (χ1) is 9.19. The molecule has 3 heterocycles. The summed E-state index contributed by atoms with van der Waals surface area (Å²) in [6, 6.07) is 0.767. The molecule has 1 N–H and O–H groups in total. The molecule has 3 rings (SSSR count). The van der Waals surface area contributed by atoms with Crippen molar-refractivity contribution < 1.29 is 5.11 Å². The second-order valence-corrected chi connectivity index (χ2v) is 6.91. The van der Waals surface area contributed by atoms with E-state index >= 15 is 0 Å². The number of anilines is 1. The van der Waals surface area contributed by atoms with Crippen LogP contribution in [0.3, 0.4) is 0 Å². The molecule has 5 heteroatoms. The van der Waals surface area contributed by atoms with Crippen LogP contribution in [0.1, 0.15) is 29.8 Å². The first kappa shape index (κ1) is 13.3. The standard InChI is InChI=1S/C14H23N3OS/c1-10-13(9-18)19-14(15-10)17-7-5-12-11(8-17)4-3-6-16(12)2/h11-12,18H,3-9H2,1-2H3. The van der Waals surface area contributed by atoms with Gasteiger partial charge in [-0.2, -0.15) is 0 Å². The molecular weight excluding hydrogens is 258 g/mol. The number of fused-ring (bicyclic) bond motifs is 1. The van der Waals surface area contributed by atoms with Crippen molar-refractivity contribution in [2.24, 2.45) is 5.92 Å². The van der Waals surface area contributed by atoms with Gasteiger partial charge in [0.1, 0.15) is 0 Å². The lowest BCUT2D eigenvalue weighted by Gasteiger charge is -2.45. The average Bonchev–Trinajstić information content (AvgIpc) is 2.80. The fourth-order valence-electron chi connectivity index (χ4n) is 3.52. The third kappa shape index (κ3) is 2.51. The molecule has 0 aromatic carbocycles. The predicted octanol–water partition coefficient (Wildman–Crippen LogP) is 1.86. The van der Waals surface area contributed by atoms with Crippen molar-refractivity contribution >= 4 is 16.5 Å². The zero-order valence-corrected chi connectivity index (χ0v) is 12.6. The predicted molar refractivity (Wildman–Crippen MR) is 78.7 cm³/mol. The van der Waals surface area contributed by atoms with Gasteiger partial charge in [-0.05, 0) is 45.7 Å². The second-order valence-electron chi connectivity index (χ2n) is 5.85. The van der Waals surface area contributed by atoms with Gasteiger partial charge in [0, 0.05) is 19.1 Å². The fourth-order valence-corrected chi connectivity index (χ4v) is 4.48. The quantitative estimate of drug-likeness (QED) is 0.898. The van der Waals surface area contributed by atoms with Crippen molar-refractivity contribution in [3.05, 3.63) is 10.6 Å². The largest absolute Gasteiger partial charge is 0.391 e. The van der Waals surface area contributed by atoms with E-state index in [4.69, 9.17) is 0 Å². The molecular formula is C14H23N3OS. The minimum absolute atomic E-state index is 0.117. The monoisotopic (exact) mass is 281 g/mol. The van der Waals surface area contributed by atoms with Gasteiger partial charge in [0.15, 0.2) is 5.13 Å². The van der Waals surface area contributed by atoms with Gasteiger partial charge in [-0.25, -0.2) is 4.98 Å². The number of likely N-dealkylation sites (tertiary alicyclic amines) is 1. The highest BCUT2D eigenvalue weighted by Gasteiger charge is 2.35. The maximum Gasteiger partial charge on any atom is 0.185 e. The van der Waals surface area contributed by atoms with Crippen molar-refractivity contribution in [1.82, 2.24) is 9.88 Å². The molecule has 0 spiro atoms. The summed E-state index contributed by atoms with van der Waals surface area (Å²) in [6.45, 7) is 5.60. The Kier molecular flexibility index (Phi) is 3.78. The summed E-state index contributed by atoms with van der Waals surface area (Å²) in [5.41, 5.74) is 0.991. The van der Waals surface area contributed by atoms with Crippen molar-refractivity contribution in [2.75, 3.05) is 31.6 Å². The number of piperidine rings is 2. The van der Waals surface area contributed by atoms with Crippen LogP contribution in [0.2, 0.25) is 0 Å². The van der Waals surface area contributed by atoms with Crippen LogP contribution in [0.25, 0.3) is 0 Å². The summed E-state index contributed by atoms with van der Waals surface area (Å²) >= 11 is 1.66. The number of aliphatic hydroxyl groups excluding tert-OH is 1. The molecule has 0 aliphatic carbocycles. The van der Waals surface area contributed by atoms with Gasteiger partial charge in [0.05, 0.1) is 17.2 Å². The molecule has 2 saturated heterocycles. The number of rotatable bonds is 2. The highest BCUT2D eigenvalue weighted by Crippen LogP contribution is 2.34. The maximum absolute atomic E-state index is 9.30. The van der Waals surface area contributed by atoms with Gasteiger partial charge in [-0.1, -0.05) is 11.3 Å². The Hall–Kier alpha value is -0.650. The van der Waals surface area contributed by atoms with Crippen molar-refractivity contribution in [3.8, 4) is 0 Å². The van der Waals surface area contributed by atoms with E-state index < -0.39 is 0 Å². The number of aliphatic hydroxyl groups is 1. The fraction of sp³-hybridized carbons (Fsp3) is 0.786. The van der Waals surface area contributed by atoms with Crippen LogP contribution in [0.4, 0.5) is 5.13 Å². The van der Waals surface area contributed by atoms with Gasteiger partial charge >= 0.3 is 0 Å². The third-order valence-corrected chi connectivity index (χ3v) is 5.84. The summed E-state index contributed by atoms with van der Waals surface area (Å²) in [4.78, 5) is 10.6. The van der Waals surface area contributed by atoms with Crippen LogP contribution >= 0.6 is 11.3 Å². The van der Waals surface area contributed by atoms with Crippen LogP contribution in [-0.4, -0.2) is 47.7 Å². The topological polar surface area (TPSA) is 39.6 Å². The molecule has 4 nitrogen and oxygen atoms in total. The van der Waals surface area contributed by atoms with E-state index in [0.29, 0.717) is 0 Å². The highest BCUT2D eigenvalue weighted by atomic mass is 32.1. The minimum Gasteiger partial charge on any atom is -0.391 e. The van der Waals surface area contributed by atoms with Crippen molar-refractivity contribution in [1.29, 1.82) is 0 Å². The van der Waals surface area contributed by atoms with Crippen LogP contribution < -0.4 is 4.90 Å². The Balaban J connectivity index is 1.73. The van der Waals surface area contributed by atoms with E-state index in [1.165, 1.54) is 25.8 Å². The summed E-state index contributed by atoms with van der Waals surface area (Å²) in [5, 5.41) is 10.4. The zero-order chi connectivity index (χ0) is 13.4.